The molecule has 0 aromatic heterocycles. The van der Waals surface area contributed by atoms with Crippen LogP contribution in [-0.4, -0.2) is 278 Å². The molecule has 0 amide bonds. The van der Waals surface area contributed by atoms with Crippen molar-refractivity contribution in [3.8, 4) is 0 Å². The Kier molecular flexibility index (Phi) is 23.0. The van der Waals surface area contributed by atoms with Crippen LogP contribution in [0.15, 0.2) is 0 Å². The van der Waals surface area contributed by atoms with Gasteiger partial charge in [0.15, 0.2) is 49.8 Å². The van der Waals surface area contributed by atoms with E-state index in [2.05, 4.69) is 0 Å². The normalized spacial score (nSPS) is 42.7. The third-order valence-corrected chi connectivity index (χ3v) is 13.2. The molecule has 30 nitrogen and oxygen atoms in total. The van der Waals surface area contributed by atoms with E-state index >= 15 is 0 Å². The molecule has 0 saturated carbocycles. The Bertz CT molecular complexity index is 1830. The molecule has 0 aromatic rings. The van der Waals surface area contributed by atoms with Crippen molar-refractivity contribution in [2.24, 2.45) is 5.92 Å². The Hall–Kier alpha value is -3.45. The summed E-state index contributed by atoms with van der Waals surface area (Å²) in [6.07, 6.45) is -37.9. The lowest BCUT2D eigenvalue weighted by atomic mass is 9.90. The van der Waals surface area contributed by atoms with Crippen LogP contribution >= 0.6 is 0 Å². The molecule has 25 atom stereocenters. The van der Waals surface area contributed by atoms with Gasteiger partial charge in [0.05, 0.1) is 12.7 Å². The molecule has 5 heterocycles. The zero-order valence-corrected chi connectivity index (χ0v) is 42.5. The van der Waals surface area contributed by atoms with E-state index in [4.69, 9.17) is 90.0 Å². The first-order valence-corrected chi connectivity index (χ1v) is 23.3. The lowest BCUT2D eigenvalue weighted by molar-refractivity contribution is -0.391. The lowest BCUT2D eigenvalue weighted by Gasteiger charge is -2.51. The second-order valence-electron chi connectivity index (χ2n) is 17.7. The summed E-state index contributed by atoms with van der Waals surface area (Å²) in [5.74, 6) is -6.18. The minimum absolute atomic E-state index is 0.220. The molecular formula is C44H70O30. The third kappa shape index (κ3) is 13.8. The number of rotatable bonds is 23. The summed E-state index contributed by atoms with van der Waals surface area (Å²) in [6, 6.07) is 0. The van der Waals surface area contributed by atoms with Gasteiger partial charge in [-0.1, -0.05) is 6.92 Å². The zero-order chi connectivity index (χ0) is 54.9. The van der Waals surface area contributed by atoms with Crippen molar-refractivity contribution in [2.45, 2.75) is 175 Å². The number of hydrogen-bond donors (Lipinski definition) is 6. The van der Waals surface area contributed by atoms with Gasteiger partial charge >= 0.3 is 29.8 Å². The average Bonchev–Trinajstić information content (AvgIpc) is 3.36. The Labute approximate surface area is 424 Å². The number of carbonyl (C=O) groups is 5. The number of hydrogen-bond acceptors (Lipinski definition) is 28. The van der Waals surface area contributed by atoms with Gasteiger partial charge < -0.3 is 121 Å². The molecule has 0 bridgehead atoms. The summed E-state index contributed by atoms with van der Waals surface area (Å²) in [5, 5.41) is 64.9. The molecular weight excluding hydrogens is 1010 g/mol. The summed E-state index contributed by atoms with van der Waals surface area (Å²) in [6.45, 7) is 3.30. The van der Waals surface area contributed by atoms with Crippen LogP contribution in [0.4, 0.5) is 0 Å². The van der Waals surface area contributed by atoms with E-state index < -0.39 is 196 Å². The number of carboxylic acid groups (broad SMARTS) is 2. The summed E-state index contributed by atoms with van der Waals surface area (Å²) < 4.78 is 110. The fraction of sp³-hybridized carbons (Fsp3) is 0.886. The van der Waals surface area contributed by atoms with E-state index in [1.54, 1.807) is 6.92 Å². The number of carboxylic acids is 2. The molecule has 5 aliphatic heterocycles. The predicted molar refractivity (Wildman–Crippen MR) is 233 cm³/mol. The third-order valence-electron chi connectivity index (χ3n) is 13.2. The van der Waals surface area contributed by atoms with Crippen LogP contribution in [0.5, 0.6) is 0 Å². The fourth-order valence-corrected chi connectivity index (χ4v) is 9.57. The van der Waals surface area contributed by atoms with Crippen molar-refractivity contribution in [1.29, 1.82) is 0 Å². The first kappa shape index (κ1) is 61.4. The van der Waals surface area contributed by atoms with E-state index in [0.29, 0.717) is 0 Å². The molecule has 0 radical (unpaired) electrons. The topological polar surface area (TPSA) is 382 Å². The number of carbonyl (C=O) groups excluding carboxylic acids is 3. The predicted octanol–water partition coefficient (Wildman–Crippen LogP) is -4.17. The van der Waals surface area contributed by atoms with Crippen molar-refractivity contribution in [3.63, 3.8) is 0 Å². The smallest absolute Gasteiger partial charge is 0.335 e. The minimum atomic E-state index is -2.13. The summed E-state index contributed by atoms with van der Waals surface area (Å²) >= 11 is 0. The second-order valence-corrected chi connectivity index (χ2v) is 17.7. The fourth-order valence-electron chi connectivity index (χ4n) is 9.57. The van der Waals surface area contributed by atoms with Crippen molar-refractivity contribution in [1.82, 2.24) is 0 Å². The van der Waals surface area contributed by atoms with E-state index in [0.717, 1.165) is 21.0 Å². The van der Waals surface area contributed by atoms with Gasteiger partial charge in [0.1, 0.15) is 105 Å². The van der Waals surface area contributed by atoms with E-state index in [9.17, 15) is 54.6 Å². The molecule has 74 heavy (non-hydrogen) atoms. The molecule has 30 heteroatoms. The first-order chi connectivity index (χ1) is 35.1. The van der Waals surface area contributed by atoms with Crippen LogP contribution < -0.4 is 0 Å². The number of methoxy groups -OCH3 is 7. The van der Waals surface area contributed by atoms with Crippen molar-refractivity contribution < 1.29 is 145 Å². The van der Waals surface area contributed by atoms with Gasteiger partial charge in [-0.3, -0.25) is 14.4 Å². The average molecular weight is 1080 g/mol. The van der Waals surface area contributed by atoms with E-state index in [-0.39, 0.29) is 6.61 Å². The van der Waals surface area contributed by atoms with Crippen LogP contribution in [0, 0.1) is 5.92 Å². The highest BCUT2D eigenvalue weighted by Crippen LogP contribution is 2.39. The van der Waals surface area contributed by atoms with Gasteiger partial charge in [0.2, 0.25) is 0 Å². The molecule has 5 fully saturated rings. The molecule has 10 unspecified atom stereocenters. The molecule has 0 aromatic carbocycles. The largest absolute Gasteiger partial charge is 0.479 e. The number of aliphatic hydroxyl groups excluding tert-OH is 4. The molecule has 0 spiro atoms. The molecule has 5 saturated heterocycles. The first-order valence-electron chi connectivity index (χ1n) is 23.3. The molecule has 426 valence electrons. The second kappa shape index (κ2) is 27.7. The zero-order valence-electron chi connectivity index (χ0n) is 42.5. The van der Waals surface area contributed by atoms with Crippen molar-refractivity contribution >= 4 is 29.8 Å². The summed E-state index contributed by atoms with van der Waals surface area (Å²) in [5.41, 5.74) is 0. The maximum Gasteiger partial charge on any atom is 0.335 e. The monoisotopic (exact) mass is 1080 g/mol. The number of ether oxygens (including phenoxy) is 19. The Balaban J connectivity index is 1.45. The van der Waals surface area contributed by atoms with E-state index in [1.807, 2.05) is 0 Å². The van der Waals surface area contributed by atoms with Crippen molar-refractivity contribution in [2.75, 3.05) is 69.6 Å². The molecule has 6 N–H and O–H groups in total. The van der Waals surface area contributed by atoms with Gasteiger partial charge in [-0.05, 0) is 0 Å². The Morgan fingerprint density at radius 2 is 0.811 bits per heavy atom. The molecule has 0 aliphatic carbocycles. The van der Waals surface area contributed by atoms with Gasteiger partial charge in [0, 0.05) is 76.5 Å². The number of esters is 3. The van der Waals surface area contributed by atoms with Gasteiger partial charge in [-0.15, -0.1) is 0 Å². The van der Waals surface area contributed by atoms with Crippen LogP contribution in [0.25, 0.3) is 0 Å². The van der Waals surface area contributed by atoms with Crippen LogP contribution in [0.1, 0.15) is 27.7 Å². The highest BCUT2D eigenvalue weighted by atomic mass is 16.8. The van der Waals surface area contributed by atoms with Crippen LogP contribution in [-0.2, 0) is 114 Å². The van der Waals surface area contributed by atoms with E-state index in [1.165, 1.54) is 49.6 Å². The van der Waals surface area contributed by atoms with Gasteiger partial charge in [0.25, 0.3) is 0 Å². The number of aliphatic carboxylic acids is 2. The maximum atomic E-state index is 13.1. The van der Waals surface area contributed by atoms with Gasteiger partial charge in [-0.25, -0.2) is 9.59 Å². The van der Waals surface area contributed by atoms with Crippen LogP contribution in [0.2, 0.25) is 0 Å². The standard InChI is InChI=1S/C44H70O30/c1-15-20(13-63-16(2)46)67-42(35(59-8)25(15)56-5)72-32-30(58-7)37(61-10)44(74-34(32)39(54)55)70-27-21(14-64-17(3)47)68-41(24(51)28(27)65-18(4)48)71-31-29(57-6)36(60-9)43(73-33(31)38(52)53)69-26-19(12-45)66-40(62-11)23(50)22(26)49/h15,19-37,40-45,49-51H,12-14H2,1-11H3,(H,52,53)(H,54,55)/t15-,19?,20?,21+,22+,23?,24?,25-,26-,27+,28?,29?,30-,31-,32+,33+,34?,35?,36?,37?,40+,41+,42-,43-,44+/m0/s1. The number of aliphatic hydroxyl groups is 4. The molecule has 5 rings (SSSR count). The summed E-state index contributed by atoms with van der Waals surface area (Å²) in [7, 11) is 8.68. The summed E-state index contributed by atoms with van der Waals surface area (Å²) in [4.78, 5) is 63.0. The maximum absolute atomic E-state index is 13.1. The minimum Gasteiger partial charge on any atom is -0.479 e. The van der Waals surface area contributed by atoms with Crippen LogP contribution in [0.3, 0.4) is 0 Å². The Morgan fingerprint density at radius 3 is 1.24 bits per heavy atom. The van der Waals surface area contributed by atoms with Crippen molar-refractivity contribution in [3.05, 3.63) is 0 Å². The highest BCUT2D eigenvalue weighted by molar-refractivity contribution is 5.74. The SMILES string of the molecule is COC1C(OC)[C@H](O[C@H]2O[C@H](COC(C)=O)[C@@H](O[C@@H]3OC(C(=O)O)[C@H](O[C@@H]4OC(COC(C)=O)[C@H](C)[C@H](OC)C4OC)[C@H](OC)C3OC)C(OC(C)=O)C2O)[C@H](C(=O)O)O[C@@H]1O[C@H]1C(CO)O[C@@H](OC)C(O)[C@H]1O. The lowest BCUT2D eigenvalue weighted by Crippen LogP contribution is -2.69. The Morgan fingerprint density at radius 1 is 0.405 bits per heavy atom. The van der Waals surface area contributed by atoms with Gasteiger partial charge in [-0.2, -0.15) is 0 Å². The highest BCUT2D eigenvalue weighted by Gasteiger charge is 2.60. The quantitative estimate of drug-likeness (QED) is 0.0418. The molecule has 5 aliphatic rings.